The van der Waals surface area contributed by atoms with Gasteiger partial charge < -0.3 is 14.5 Å². The SMILES string of the molecule is O=C(C1CCCN1C(=O)CCCc1ccccc1Cl)N1CCOCC1. The van der Waals surface area contributed by atoms with Crippen LogP contribution in [0.4, 0.5) is 0 Å². The fourth-order valence-corrected chi connectivity index (χ4v) is 3.82. The molecular weight excluding hydrogens is 340 g/mol. The third-order valence-corrected chi connectivity index (χ3v) is 5.34. The van der Waals surface area contributed by atoms with E-state index in [2.05, 4.69) is 0 Å². The first-order valence-electron chi connectivity index (χ1n) is 9.06. The Labute approximate surface area is 153 Å². The number of ether oxygens (including phenoxy) is 1. The third-order valence-electron chi connectivity index (χ3n) is 4.98. The molecule has 0 bridgehead atoms. The summed E-state index contributed by atoms with van der Waals surface area (Å²) in [5.74, 6) is 0.163. The summed E-state index contributed by atoms with van der Waals surface area (Å²) in [7, 11) is 0. The molecule has 1 atom stereocenters. The number of nitrogens with zero attached hydrogens (tertiary/aromatic N) is 2. The molecule has 2 amide bonds. The largest absolute Gasteiger partial charge is 0.378 e. The van der Waals surface area contributed by atoms with Crippen molar-refractivity contribution >= 4 is 23.4 Å². The van der Waals surface area contributed by atoms with Crippen LogP contribution in [-0.4, -0.2) is 60.5 Å². The minimum atomic E-state index is -0.286. The Kier molecular flexibility index (Phi) is 6.32. The first-order valence-corrected chi connectivity index (χ1v) is 9.44. The number of morpholine rings is 1. The zero-order valence-electron chi connectivity index (χ0n) is 14.5. The molecule has 0 saturated carbocycles. The lowest BCUT2D eigenvalue weighted by Crippen LogP contribution is -2.51. The zero-order valence-corrected chi connectivity index (χ0v) is 15.2. The highest BCUT2D eigenvalue weighted by molar-refractivity contribution is 6.31. The van der Waals surface area contributed by atoms with Crippen LogP contribution in [0.25, 0.3) is 0 Å². The van der Waals surface area contributed by atoms with Gasteiger partial charge in [0, 0.05) is 31.1 Å². The summed E-state index contributed by atoms with van der Waals surface area (Å²) in [5, 5.41) is 0.747. The van der Waals surface area contributed by atoms with Gasteiger partial charge in [-0.1, -0.05) is 29.8 Å². The van der Waals surface area contributed by atoms with Gasteiger partial charge in [0.2, 0.25) is 11.8 Å². The maximum Gasteiger partial charge on any atom is 0.245 e. The molecule has 0 spiro atoms. The van der Waals surface area contributed by atoms with Crippen molar-refractivity contribution in [3.63, 3.8) is 0 Å². The predicted molar refractivity (Wildman–Crippen MR) is 96.5 cm³/mol. The maximum absolute atomic E-state index is 12.7. The number of carbonyl (C=O) groups excluding carboxylic acids is 2. The molecular formula is C19H25ClN2O3. The summed E-state index contributed by atoms with van der Waals surface area (Å²) in [4.78, 5) is 28.9. The highest BCUT2D eigenvalue weighted by atomic mass is 35.5. The lowest BCUT2D eigenvalue weighted by atomic mass is 10.1. The number of carbonyl (C=O) groups is 2. The van der Waals surface area contributed by atoms with Crippen molar-refractivity contribution in [2.24, 2.45) is 0 Å². The summed E-state index contributed by atoms with van der Waals surface area (Å²) in [6.45, 7) is 3.12. The second kappa shape index (κ2) is 8.68. The van der Waals surface area contributed by atoms with Crippen LogP contribution in [0.15, 0.2) is 24.3 Å². The van der Waals surface area contributed by atoms with Crippen LogP contribution < -0.4 is 0 Å². The first-order chi connectivity index (χ1) is 12.2. The van der Waals surface area contributed by atoms with Crippen molar-refractivity contribution in [2.75, 3.05) is 32.8 Å². The lowest BCUT2D eigenvalue weighted by Gasteiger charge is -2.32. The van der Waals surface area contributed by atoms with Gasteiger partial charge in [0.15, 0.2) is 0 Å². The molecule has 136 valence electrons. The summed E-state index contributed by atoms with van der Waals surface area (Å²) >= 11 is 6.16. The van der Waals surface area contributed by atoms with Gasteiger partial charge in [0.05, 0.1) is 13.2 Å². The number of benzene rings is 1. The van der Waals surface area contributed by atoms with Crippen molar-refractivity contribution < 1.29 is 14.3 Å². The Bertz CT molecular complexity index is 616. The maximum atomic E-state index is 12.7. The zero-order chi connectivity index (χ0) is 17.6. The fraction of sp³-hybridized carbons (Fsp3) is 0.579. The van der Waals surface area contributed by atoms with Crippen LogP contribution in [0, 0.1) is 0 Å². The number of likely N-dealkylation sites (tertiary alicyclic amines) is 1. The molecule has 0 radical (unpaired) electrons. The molecule has 1 aromatic rings. The molecule has 1 aromatic carbocycles. The molecule has 2 aliphatic rings. The van der Waals surface area contributed by atoms with Crippen LogP contribution >= 0.6 is 11.6 Å². The van der Waals surface area contributed by atoms with E-state index in [-0.39, 0.29) is 17.9 Å². The van der Waals surface area contributed by atoms with Gasteiger partial charge in [0.1, 0.15) is 6.04 Å². The van der Waals surface area contributed by atoms with Gasteiger partial charge in [-0.05, 0) is 37.3 Å². The average Bonchev–Trinajstić information content (AvgIpc) is 3.13. The molecule has 1 unspecified atom stereocenters. The van der Waals surface area contributed by atoms with Crippen molar-refractivity contribution in [2.45, 2.75) is 38.1 Å². The molecule has 2 aliphatic heterocycles. The summed E-state index contributed by atoms with van der Waals surface area (Å²) in [5.41, 5.74) is 1.07. The van der Waals surface area contributed by atoms with Crippen molar-refractivity contribution in [1.29, 1.82) is 0 Å². The van der Waals surface area contributed by atoms with E-state index < -0.39 is 0 Å². The van der Waals surface area contributed by atoms with Gasteiger partial charge in [-0.3, -0.25) is 9.59 Å². The fourth-order valence-electron chi connectivity index (χ4n) is 3.59. The molecule has 3 rings (SSSR count). The van der Waals surface area contributed by atoms with Crippen LogP contribution in [0.3, 0.4) is 0 Å². The Hall–Kier alpha value is -1.59. The van der Waals surface area contributed by atoms with E-state index >= 15 is 0 Å². The predicted octanol–water partition coefficient (Wildman–Crippen LogP) is 2.51. The van der Waals surface area contributed by atoms with Crippen LogP contribution in [0.5, 0.6) is 0 Å². The average molecular weight is 365 g/mol. The van der Waals surface area contributed by atoms with E-state index in [1.54, 1.807) is 4.90 Å². The number of hydrogen-bond donors (Lipinski definition) is 0. The van der Waals surface area contributed by atoms with E-state index in [9.17, 15) is 9.59 Å². The second-order valence-corrected chi connectivity index (χ2v) is 7.03. The van der Waals surface area contributed by atoms with Gasteiger partial charge in [-0.25, -0.2) is 0 Å². The van der Waals surface area contributed by atoms with Crippen LogP contribution in [-0.2, 0) is 20.7 Å². The van der Waals surface area contributed by atoms with E-state index in [0.29, 0.717) is 39.3 Å². The molecule has 6 heteroatoms. The number of hydrogen-bond acceptors (Lipinski definition) is 3. The molecule has 0 N–H and O–H groups in total. The molecule has 2 saturated heterocycles. The molecule has 2 fully saturated rings. The quantitative estimate of drug-likeness (QED) is 0.806. The lowest BCUT2D eigenvalue weighted by molar-refractivity contribution is -0.146. The van der Waals surface area contributed by atoms with Crippen molar-refractivity contribution in [1.82, 2.24) is 9.80 Å². The topological polar surface area (TPSA) is 49.9 Å². The minimum absolute atomic E-state index is 0.0798. The highest BCUT2D eigenvalue weighted by Crippen LogP contribution is 2.22. The minimum Gasteiger partial charge on any atom is -0.378 e. The number of amides is 2. The van der Waals surface area contributed by atoms with Crippen LogP contribution in [0.2, 0.25) is 5.02 Å². The Morgan fingerprint density at radius 3 is 2.68 bits per heavy atom. The van der Waals surface area contributed by atoms with Gasteiger partial charge in [-0.15, -0.1) is 0 Å². The highest BCUT2D eigenvalue weighted by Gasteiger charge is 2.36. The number of aryl methyl sites for hydroxylation is 1. The molecule has 5 nitrogen and oxygen atoms in total. The molecule has 25 heavy (non-hydrogen) atoms. The summed E-state index contributed by atoms with van der Waals surface area (Å²) in [6.07, 6.45) is 3.65. The molecule has 2 heterocycles. The third kappa shape index (κ3) is 4.53. The standard InChI is InChI=1S/C19H25ClN2O3/c20-16-7-2-1-5-15(16)6-3-9-18(23)22-10-4-8-17(22)19(24)21-11-13-25-14-12-21/h1-2,5,7,17H,3-4,6,8-14H2. The number of halogens is 1. The summed E-state index contributed by atoms with van der Waals surface area (Å²) in [6, 6.07) is 7.44. The van der Waals surface area contributed by atoms with Gasteiger partial charge in [0.25, 0.3) is 0 Å². The van der Waals surface area contributed by atoms with Crippen molar-refractivity contribution in [3.8, 4) is 0 Å². The Balaban J connectivity index is 1.52. The Morgan fingerprint density at radius 1 is 1.16 bits per heavy atom. The Morgan fingerprint density at radius 2 is 1.92 bits per heavy atom. The first kappa shape index (κ1) is 18.2. The smallest absolute Gasteiger partial charge is 0.245 e. The van der Waals surface area contributed by atoms with E-state index in [1.165, 1.54) is 0 Å². The second-order valence-electron chi connectivity index (χ2n) is 6.63. The van der Waals surface area contributed by atoms with E-state index in [1.807, 2.05) is 29.2 Å². The molecule has 0 aromatic heterocycles. The molecule has 0 aliphatic carbocycles. The van der Waals surface area contributed by atoms with Gasteiger partial charge >= 0.3 is 0 Å². The van der Waals surface area contributed by atoms with E-state index in [4.69, 9.17) is 16.3 Å². The normalized spacial score (nSPS) is 20.8. The summed E-state index contributed by atoms with van der Waals surface area (Å²) < 4.78 is 5.31. The number of rotatable bonds is 5. The monoisotopic (exact) mass is 364 g/mol. The van der Waals surface area contributed by atoms with Gasteiger partial charge in [-0.2, -0.15) is 0 Å². The van der Waals surface area contributed by atoms with Crippen LogP contribution in [0.1, 0.15) is 31.2 Å². The van der Waals surface area contributed by atoms with Crippen molar-refractivity contribution in [3.05, 3.63) is 34.9 Å². The van der Waals surface area contributed by atoms with E-state index in [0.717, 1.165) is 36.3 Å².